The average molecular weight is 330 g/mol. The van der Waals surface area contributed by atoms with E-state index in [1.54, 1.807) is 4.90 Å². The van der Waals surface area contributed by atoms with Crippen molar-refractivity contribution in [2.75, 3.05) is 38.5 Å². The van der Waals surface area contributed by atoms with Gasteiger partial charge in [0.15, 0.2) is 5.11 Å². The van der Waals surface area contributed by atoms with Gasteiger partial charge in [0.1, 0.15) is 0 Å². The molecule has 4 nitrogen and oxygen atoms in total. The van der Waals surface area contributed by atoms with E-state index in [1.165, 1.54) is 0 Å². The number of rotatable bonds is 2. The Kier molecular flexibility index (Phi) is 4.94. The van der Waals surface area contributed by atoms with Gasteiger partial charge in [0, 0.05) is 10.2 Å². The SMILES string of the molecule is C[NH+]1CCN(NC(=S)Nc2ccc(Br)cc2)CC1. The van der Waals surface area contributed by atoms with Crippen molar-refractivity contribution in [3.05, 3.63) is 28.7 Å². The van der Waals surface area contributed by atoms with Gasteiger partial charge in [-0.2, -0.15) is 0 Å². The second-order valence-electron chi connectivity index (χ2n) is 4.52. The van der Waals surface area contributed by atoms with Crippen molar-refractivity contribution in [3.8, 4) is 0 Å². The summed E-state index contributed by atoms with van der Waals surface area (Å²) in [5.74, 6) is 0. The van der Waals surface area contributed by atoms with Crippen molar-refractivity contribution >= 4 is 38.9 Å². The largest absolute Gasteiger partial charge is 0.335 e. The van der Waals surface area contributed by atoms with Gasteiger partial charge in [-0.05, 0) is 36.5 Å². The van der Waals surface area contributed by atoms with E-state index in [0.29, 0.717) is 5.11 Å². The molecule has 1 aliphatic heterocycles. The first kappa shape index (κ1) is 13.7. The Labute approximate surface area is 121 Å². The molecule has 0 aromatic heterocycles. The molecule has 0 spiro atoms. The van der Waals surface area contributed by atoms with Crippen molar-refractivity contribution in [3.63, 3.8) is 0 Å². The first-order chi connectivity index (χ1) is 8.63. The number of likely N-dealkylation sites (N-methyl/N-ethyl adjacent to an activating group) is 1. The molecule has 2 rings (SSSR count). The van der Waals surface area contributed by atoms with Gasteiger partial charge < -0.3 is 10.2 Å². The van der Waals surface area contributed by atoms with Crippen molar-refractivity contribution in [2.45, 2.75) is 0 Å². The van der Waals surface area contributed by atoms with Crippen LogP contribution in [0.1, 0.15) is 0 Å². The normalized spacial score (nSPS) is 17.4. The summed E-state index contributed by atoms with van der Waals surface area (Å²) in [4.78, 5) is 1.57. The standard InChI is InChI=1S/C12H17BrN4S/c1-16-6-8-17(9-7-16)15-12(18)14-11-4-2-10(13)3-5-11/h2-5H,6-9H2,1H3,(H2,14,15,18)/p+1. The number of piperazine rings is 1. The van der Waals surface area contributed by atoms with Crippen LogP contribution in [0.3, 0.4) is 0 Å². The van der Waals surface area contributed by atoms with Crippen LogP contribution in [0, 0.1) is 0 Å². The summed E-state index contributed by atoms with van der Waals surface area (Å²) in [6.45, 7) is 4.34. The topological polar surface area (TPSA) is 31.7 Å². The van der Waals surface area contributed by atoms with Gasteiger partial charge in [-0.15, -0.1) is 0 Å². The molecule has 0 atom stereocenters. The Morgan fingerprint density at radius 1 is 1.28 bits per heavy atom. The van der Waals surface area contributed by atoms with E-state index in [1.807, 2.05) is 24.3 Å². The lowest BCUT2D eigenvalue weighted by molar-refractivity contribution is -0.884. The second-order valence-corrected chi connectivity index (χ2v) is 5.84. The number of hydrogen-bond acceptors (Lipinski definition) is 2. The predicted molar refractivity (Wildman–Crippen MR) is 81.7 cm³/mol. The van der Waals surface area contributed by atoms with Gasteiger partial charge in [-0.25, -0.2) is 5.01 Å². The van der Waals surface area contributed by atoms with Crippen LogP contribution in [0.5, 0.6) is 0 Å². The number of anilines is 1. The minimum absolute atomic E-state index is 0.650. The lowest BCUT2D eigenvalue weighted by Crippen LogP contribution is -3.12. The number of nitrogens with one attached hydrogen (secondary N) is 3. The van der Waals surface area contributed by atoms with Crippen molar-refractivity contribution in [1.82, 2.24) is 10.4 Å². The first-order valence-electron chi connectivity index (χ1n) is 6.03. The number of benzene rings is 1. The van der Waals surface area contributed by atoms with E-state index in [4.69, 9.17) is 12.2 Å². The van der Waals surface area contributed by atoms with Crippen LogP contribution in [-0.4, -0.2) is 43.3 Å². The second kappa shape index (κ2) is 6.47. The molecule has 0 unspecified atom stereocenters. The van der Waals surface area contributed by atoms with E-state index in [9.17, 15) is 0 Å². The molecule has 0 aliphatic carbocycles. The van der Waals surface area contributed by atoms with Crippen LogP contribution in [-0.2, 0) is 0 Å². The molecule has 6 heteroatoms. The highest BCUT2D eigenvalue weighted by molar-refractivity contribution is 9.10. The Morgan fingerprint density at radius 3 is 2.50 bits per heavy atom. The van der Waals surface area contributed by atoms with Crippen LogP contribution in [0.2, 0.25) is 0 Å². The minimum atomic E-state index is 0.650. The van der Waals surface area contributed by atoms with E-state index in [2.05, 4.69) is 38.7 Å². The summed E-state index contributed by atoms with van der Waals surface area (Å²) in [6, 6.07) is 7.96. The predicted octanol–water partition coefficient (Wildman–Crippen LogP) is 0.481. The maximum Gasteiger partial charge on any atom is 0.185 e. The molecule has 1 fully saturated rings. The van der Waals surface area contributed by atoms with Gasteiger partial charge in [0.05, 0.1) is 33.2 Å². The van der Waals surface area contributed by atoms with Crippen LogP contribution in [0.15, 0.2) is 28.7 Å². The highest BCUT2D eigenvalue weighted by atomic mass is 79.9. The zero-order valence-electron chi connectivity index (χ0n) is 10.4. The molecule has 0 amide bonds. The molecule has 18 heavy (non-hydrogen) atoms. The molecule has 98 valence electrons. The average Bonchev–Trinajstić information content (AvgIpc) is 2.35. The van der Waals surface area contributed by atoms with Gasteiger partial charge in [-0.3, -0.25) is 5.43 Å². The minimum Gasteiger partial charge on any atom is -0.335 e. The highest BCUT2D eigenvalue weighted by Gasteiger charge is 2.16. The number of thiocarbonyl (C=S) groups is 1. The zero-order chi connectivity index (χ0) is 13.0. The molecule has 0 saturated carbocycles. The summed E-state index contributed by atoms with van der Waals surface area (Å²) < 4.78 is 1.06. The summed E-state index contributed by atoms with van der Waals surface area (Å²) in [5.41, 5.74) is 4.23. The maximum atomic E-state index is 5.30. The van der Waals surface area contributed by atoms with Crippen molar-refractivity contribution < 1.29 is 4.90 Å². The molecule has 1 aromatic carbocycles. The zero-order valence-corrected chi connectivity index (χ0v) is 12.8. The van der Waals surface area contributed by atoms with Crippen molar-refractivity contribution in [2.24, 2.45) is 0 Å². The van der Waals surface area contributed by atoms with E-state index in [-0.39, 0.29) is 0 Å². The highest BCUT2D eigenvalue weighted by Crippen LogP contribution is 2.13. The summed E-state index contributed by atoms with van der Waals surface area (Å²) >= 11 is 8.71. The summed E-state index contributed by atoms with van der Waals surface area (Å²) in [6.07, 6.45) is 0. The van der Waals surface area contributed by atoms with Gasteiger partial charge in [0.25, 0.3) is 0 Å². The lowest BCUT2D eigenvalue weighted by atomic mass is 10.3. The van der Waals surface area contributed by atoms with Crippen molar-refractivity contribution in [1.29, 1.82) is 0 Å². The van der Waals surface area contributed by atoms with Gasteiger partial charge >= 0.3 is 0 Å². The Bertz CT molecular complexity index is 401. The summed E-state index contributed by atoms with van der Waals surface area (Å²) in [7, 11) is 2.22. The lowest BCUT2D eigenvalue weighted by Gasteiger charge is -2.30. The number of halogens is 1. The molecule has 1 aromatic rings. The first-order valence-corrected chi connectivity index (χ1v) is 7.23. The number of nitrogens with zero attached hydrogens (tertiary/aromatic N) is 1. The van der Waals surface area contributed by atoms with Gasteiger partial charge in [0.2, 0.25) is 0 Å². The summed E-state index contributed by atoms with van der Waals surface area (Å²) in [5, 5.41) is 6.00. The number of quaternary nitrogens is 1. The van der Waals surface area contributed by atoms with Crippen LogP contribution >= 0.6 is 28.1 Å². The quantitative estimate of drug-likeness (QED) is 0.689. The Morgan fingerprint density at radius 2 is 1.89 bits per heavy atom. The molecule has 1 heterocycles. The fraction of sp³-hybridized carbons (Fsp3) is 0.417. The van der Waals surface area contributed by atoms with E-state index in [0.717, 1.165) is 36.3 Å². The molecule has 0 bridgehead atoms. The fourth-order valence-corrected chi connectivity index (χ4v) is 2.35. The fourth-order valence-electron chi connectivity index (χ4n) is 1.84. The third-order valence-electron chi connectivity index (χ3n) is 2.98. The van der Waals surface area contributed by atoms with Crippen LogP contribution in [0.4, 0.5) is 5.69 Å². The van der Waals surface area contributed by atoms with Gasteiger partial charge in [-0.1, -0.05) is 15.9 Å². The maximum absolute atomic E-state index is 5.30. The molecular formula is C12H18BrN4S+. The smallest absolute Gasteiger partial charge is 0.185 e. The van der Waals surface area contributed by atoms with Crippen LogP contribution < -0.4 is 15.6 Å². The third kappa shape index (κ3) is 4.20. The molecule has 3 N–H and O–H groups in total. The monoisotopic (exact) mass is 329 g/mol. The molecule has 1 saturated heterocycles. The molecule has 0 radical (unpaired) electrons. The number of hydrazine groups is 1. The number of hydrogen-bond donors (Lipinski definition) is 3. The Hall–Kier alpha value is -0.690. The molecule has 1 aliphatic rings. The molecular weight excluding hydrogens is 312 g/mol. The Balaban J connectivity index is 1.80. The van der Waals surface area contributed by atoms with E-state index < -0.39 is 0 Å². The van der Waals surface area contributed by atoms with Crippen LogP contribution in [0.25, 0.3) is 0 Å². The van der Waals surface area contributed by atoms with E-state index >= 15 is 0 Å². The third-order valence-corrected chi connectivity index (χ3v) is 3.70.